The molecule has 0 saturated carbocycles. The summed E-state index contributed by atoms with van der Waals surface area (Å²) in [5.41, 5.74) is -0.486. The van der Waals surface area contributed by atoms with E-state index >= 15 is 0 Å². The highest BCUT2D eigenvalue weighted by Crippen LogP contribution is 2.16. The maximum absolute atomic E-state index is 10.9. The minimum absolute atomic E-state index is 0.00463. The van der Waals surface area contributed by atoms with Crippen molar-refractivity contribution in [3.05, 3.63) is 0 Å². The Morgan fingerprint density at radius 3 is 2.78 bits per heavy atom. The molecule has 1 atom stereocenters. The number of rotatable bonds is 1. The zero-order valence-corrected chi connectivity index (χ0v) is 5.64. The smallest absolute Gasteiger partial charge is 0.252 e. The second-order valence-electron chi connectivity index (χ2n) is 2.36. The van der Waals surface area contributed by atoms with Crippen LogP contribution in [-0.4, -0.2) is 17.8 Å². The Balaban J connectivity index is 2.78. The second-order valence-corrected chi connectivity index (χ2v) is 2.36. The van der Waals surface area contributed by atoms with Gasteiger partial charge in [-0.25, -0.2) is 0 Å². The summed E-state index contributed by atoms with van der Waals surface area (Å²) in [5, 5.41) is 2.53. The van der Waals surface area contributed by atoms with E-state index in [1.165, 1.54) is 6.34 Å². The molecule has 0 aliphatic carbocycles. The van der Waals surface area contributed by atoms with Crippen LogP contribution in [0.4, 0.5) is 0 Å². The Labute approximate surface area is 54.2 Å². The molecule has 0 fully saturated rings. The van der Waals surface area contributed by atoms with E-state index < -0.39 is 5.54 Å². The lowest BCUT2D eigenvalue weighted by Gasteiger charge is -2.13. The summed E-state index contributed by atoms with van der Waals surface area (Å²) < 4.78 is 0. The maximum Gasteiger partial charge on any atom is 0.252 e. The minimum Gasteiger partial charge on any atom is -0.315 e. The highest BCUT2D eigenvalue weighted by atomic mass is 16.2. The predicted molar refractivity (Wildman–Crippen MR) is 35.3 cm³/mol. The molecule has 0 aromatic rings. The van der Waals surface area contributed by atoms with Crippen molar-refractivity contribution in [3.63, 3.8) is 0 Å². The van der Waals surface area contributed by atoms with Crippen molar-refractivity contribution in [1.29, 1.82) is 0 Å². The van der Waals surface area contributed by atoms with Gasteiger partial charge in [-0.15, -0.1) is 0 Å². The lowest BCUT2D eigenvalue weighted by Crippen LogP contribution is -2.34. The van der Waals surface area contributed by atoms with E-state index in [1.54, 1.807) is 0 Å². The number of carbonyl (C=O) groups excluding carboxylic acids is 1. The average molecular weight is 126 g/mol. The fourth-order valence-electron chi connectivity index (χ4n) is 0.699. The summed E-state index contributed by atoms with van der Waals surface area (Å²) in [6.45, 7) is 3.77. The molecule has 1 heterocycles. The summed E-state index contributed by atoms with van der Waals surface area (Å²) in [7, 11) is 0. The maximum atomic E-state index is 10.9. The van der Waals surface area contributed by atoms with Crippen molar-refractivity contribution in [2.75, 3.05) is 0 Å². The highest BCUT2D eigenvalue weighted by Gasteiger charge is 2.32. The number of aliphatic imine (C=N–C) groups is 1. The number of nitrogens with zero attached hydrogens (tertiary/aromatic N) is 1. The molecule has 3 heteroatoms. The summed E-state index contributed by atoms with van der Waals surface area (Å²) in [6.07, 6.45) is 2.22. The van der Waals surface area contributed by atoms with E-state index in [9.17, 15) is 4.79 Å². The van der Waals surface area contributed by atoms with Crippen molar-refractivity contribution in [2.24, 2.45) is 4.99 Å². The third-order valence-corrected chi connectivity index (χ3v) is 1.72. The molecule has 50 valence electrons. The van der Waals surface area contributed by atoms with Gasteiger partial charge in [-0.05, 0) is 13.3 Å². The Morgan fingerprint density at radius 1 is 1.89 bits per heavy atom. The fraction of sp³-hybridized carbons (Fsp3) is 0.667. The van der Waals surface area contributed by atoms with Crippen molar-refractivity contribution in [3.8, 4) is 0 Å². The molecular formula is C6H10N2O. The zero-order valence-electron chi connectivity index (χ0n) is 5.64. The van der Waals surface area contributed by atoms with Gasteiger partial charge in [-0.1, -0.05) is 6.92 Å². The summed E-state index contributed by atoms with van der Waals surface area (Å²) in [5.74, 6) is 0.00463. The number of hydrogen-bond acceptors (Lipinski definition) is 2. The van der Waals surface area contributed by atoms with E-state index in [-0.39, 0.29) is 5.91 Å². The molecule has 3 nitrogen and oxygen atoms in total. The first kappa shape index (κ1) is 6.26. The number of nitrogens with one attached hydrogen (secondary N) is 1. The molecule has 0 saturated heterocycles. The Kier molecular flexibility index (Phi) is 1.27. The predicted octanol–water partition coefficient (Wildman–Crippen LogP) is 0.313. The summed E-state index contributed by atoms with van der Waals surface area (Å²) in [4.78, 5) is 14.9. The van der Waals surface area contributed by atoms with Crippen LogP contribution in [0, 0.1) is 0 Å². The third-order valence-electron chi connectivity index (χ3n) is 1.72. The monoisotopic (exact) mass is 126 g/mol. The molecule has 1 N–H and O–H groups in total. The van der Waals surface area contributed by atoms with Crippen LogP contribution in [0.5, 0.6) is 0 Å². The lowest BCUT2D eigenvalue weighted by atomic mass is 10.0. The number of amides is 1. The second kappa shape index (κ2) is 1.83. The Morgan fingerprint density at radius 2 is 2.56 bits per heavy atom. The van der Waals surface area contributed by atoms with Crippen LogP contribution in [-0.2, 0) is 4.79 Å². The largest absolute Gasteiger partial charge is 0.315 e. The molecular weight excluding hydrogens is 116 g/mol. The van der Waals surface area contributed by atoms with Crippen LogP contribution in [0.15, 0.2) is 4.99 Å². The normalized spacial score (nSPS) is 32.9. The van der Waals surface area contributed by atoms with Crippen LogP contribution in [0.1, 0.15) is 20.3 Å². The minimum atomic E-state index is -0.486. The van der Waals surface area contributed by atoms with E-state index in [4.69, 9.17) is 0 Å². The fourth-order valence-corrected chi connectivity index (χ4v) is 0.699. The van der Waals surface area contributed by atoms with Gasteiger partial charge in [0.2, 0.25) is 0 Å². The number of carbonyl (C=O) groups is 1. The Hall–Kier alpha value is -0.860. The quantitative estimate of drug-likeness (QED) is 0.540. The first-order chi connectivity index (χ1) is 4.19. The molecule has 1 aliphatic heterocycles. The first-order valence-electron chi connectivity index (χ1n) is 3.04. The summed E-state index contributed by atoms with van der Waals surface area (Å²) >= 11 is 0. The van der Waals surface area contributed by atoms with Crippen LogP contribution >= 0.6 is 0 Å². The first-order valence-corrected chi connectivity index (χ1v) is 3.04. The molecule has 1 rings (SSSR count). The molecule has 0 spiro atoms. The van der Waals surface area contributed by atoms with Crippen molar-refractivity contribution in [2.45, 2.75) is 25.8 Å². The van der Waals surface area contributed by atoms with Gasteiger partial charge in [0.1, 0.15) is 5.54 Å². The molecule has 9 heavy (non-hydrogen) atoms. The SMILES string of the molecule is CCC1(C)N=CNC1=O. The van der Waals surface area contributed by atoms with Gasteiger partial charge in [0.25, 0.3) is 5.91 Å². The molecule has 1 aliphatic rings. The van der Waals surface area contributed by atoms with Gasteiger partial charge in [0.15, 0.2) is 0 Å². The van der Waals surface area contributed by atoms with Gasteiger partial charge < -0.3 is 5.32 Å². The standard InChI is InChI=1S/C6H10N2O/c1-3-6(2)5(9)7-4-8-6/h4H,3H2,1-2H3,(H,7,8,9). The van der Waals surface area contributed by atoms with E-state index in [1.807, 2.05) is 13.8 Å². The molecule has 1 amide bonds. The van der Waals surface area contributed by atoms with Gasteiger partial charge >= 0.3 is 0 Å². The Bertz CT molecular complexity index is 164. The van der Waals surface area contributed by atoms with Crippen molar-refractivity contribution in [1.82, 2.24) is 5.32 Å². The van der Waals surface area contributed by atoms with Crippen LogP contribution in [0.3, 0.4) is 0 Å². The van der Waals surface area contributed by atoms with Crippen LogP contribution in [0.2, 0.25) is 0 Å². The van der Waals surface area contributed by atoms with Crippen molar-refractivity contribution >= 4 is 12.2 Å². The van der Waals surface area contributed by atoms with E-state index in [2.05, 4.69) is 10.3 Å². The van der Waals surface area contributed by atoms with Crippen LogP contribution in [0.25, 0.3) is 0 Å². The highest BCUT2D eigenvalue weighted by molar-refractivity contribution is 5.99. The van der Waals surface area contributed by atoms with Gasteiger partial charge in [-0.3, -0.25) is 9.79 Å². The number of hydrogen-bond donors (Lipinski definition) is 1. The average Bonchev–Trinajstić information content (AvgIpc) is 2.15. The molecule has 0 bridgehead atoms. The van der Waals surface area contributed by atoms with E-state index in [0.717, 1.165) is 6.42 Å². The molecule has 0 radical (unpaired) electrons. The third kappa shape index (κ3) is 0.823. The van der Waals surface area contributed by atoms with Gasteiger partial charge in [0.05, 0.1) is 6.34 Å². The van der Waals surface area contributed by atoms with Gasteiger partial charge in [-0.2, -0.15) is 0 Å². The molecule has 0 aromatic heterocycles. The van der Waals surface area contributed by atoms with Gasteiger partial charge in [0, 0.05) is 0 Å². The summed E-state index contributed by atoms with van der Waals surface area (Å²) in [6, 6.07) is 0. The molecule has 1 unspecified atom stereocenters. The molecule has 0 aromatic carbocycles. The lowest BCUT2D eigenvalue weighted by molar-refractivity contribution is -0.123. The van der Waals surface area contributed by atoms with Crippen LogP contribution < -0.4 is 5.32 Å². The zero-order chi connectivity index (χ0) is 6.91. The van der Waals surface area contributed by atoms with Crippen molar-refractivity contribution < 1.29 is 4.79 Å². The van der Waals surface area contributed by atoms with E-state index in [0.29, 0.717) is 0 Å². The topological polar surface area (TPSA) is 41.5 Å².